The minimum absolute atomic E-state index is 0.129. The average Bonchev–Trinajstić information content (AvgIpc) is 2.93. The summed E-state index contributed by atoms with van der Waals surface area (Å²) in [5, 5.41) is 11.8. The van der Waals surface area contributed by atoms with Crippen LogP contribution in [0.1, 0.15) is 27.2 Å². The fourth-order valence-corrected chi connectivity index (χ4v) is 3.90. The quantitative estimate of drug-likeness (QED) is 0.682. The van der Waals surface area contributed by atoms with Crippen LogP contribution in [0.15, 0.2) is 28.6 Å². The number of thioether (sulfide) groups is 1. The number of ether oxygens (including phenoxy) is 1. The van der Waals surface area contributed by atoms with Crippen LogP contribution in [0.3, 0.4) is 0 Å². The Bertz CT molecular complexity index is 707. The zero-order valence-corrected chi connectivity index (χ0v) is 16.1. The maximum absolute atomic E-state index is 12.0. The highest BCUT2D eigenvalue weighted by molar-refractivity contribution is 8.01. The Morgan fingerprint density at radius 2 is 2.08 bits per heavy atom. The van der Waals surface area contributed by atoms with E-state index in [2.05, 4.69) is 10.3 Å². The lowest BCUT2D eigenvalue weighted by Crippen LogP contribution is -2.42. The predicted octanol–water partition coefficient (Wildman–Crippen LogP) is 3.16. The lowest BCUT2D eigenvalue weighted by molar-refractivity contribution is -0.142. The van der Waals surface area contributed by atoms with E-state index in [1.165, 1.54) is 23.1 Å². The summed E-state index contributed by atoms with van der Waals surface area (Å²) in [4.78, 5) is 27.8. The van der Waals surface area contributed by atoms with Gasteiger partial charge in [0.25, 0.3) is 0 Å². The van der Waals surface area contributed by atoms with E-state index in [-0.39, 0.29) is 30.3 Å². The molecule has 25 heavy (non-hydrogen) atoms. The summed E-state index contributed by atoms with van der Waals surface area (Å²) in [5.41, 5.74) is 0.564. The van der Waals surface area contributed by atoms with Crippen molar-refractivity contribution in [2.75, 3.05) is 12.4 Å². The molecule has 0 aliphatic rings. The van der Waals surface area contributed by atoms with Gasteiger partial charge in [0.05, 0.1) is 21.6 Å². The number of carboxylic acid groups (broad SMARTS) is 1. The standard InChI is InChI=1S/C17H22N2O4S2/c1-17(2,3)23-9-8-12(15(21)22)18-14(20)10-24-16-19-11-6-4-5-7-13(11)25-16/h4-7,12H,8-10H2,1-3H3,(H,18,20)(H,21,22). The van der Waals surface area contributed by atoms with Gasteiger partial charge < -0.3 is 15.2 Å². The minimum Gasteiger partial charge on any atom is -0.480 e. The Hall–Kier alpha value is -1.64. The lowest BCUT2D eigenvalue weighted by atomic mass is 10.2. The molecule has 0 spiro atoms. The molecular weight excluding hydrogens is 360 g/mol. The fourth-order valence-electron chi connectivity index (χ4n) is 2.02. The molecule has 1 unspecified atom stereocenters. The van der Waals surface area contributed by atoms with E-state index in [1.807, 2.05) is 45.0 Å². The first-order valence-corrected chi connectivity index (χ1v) is 9.69. The number of aromatic nitrogens is 1. The van der Waals surface area contributed by atoms with Crippen LogP contribution in [0.25, 0.3) is 10.2 Å². The second kappa shape index (κ2) is 8.64. The van der Waals surface area contributed by atoms with Crippen molar-refractivity contribution < 1.29 is 19.4 Å². The zero-order valence-electron chi connectivity index (χ0n) is 14.4. The van der Waals surface area contributed by atoms with Gasteiger partial charge in [-0.2, -0.15) is 0 Å². The Balaban J connectivity index is 1.83. The van der Waals surface area contributed by atoms with Gasteiger partial charge in [0, 0.05) is 13.0 Å². The van der Waals surface area contributed by atoms with Crippen LogP contribution in [0.4, 0.5) is 0 Å². The maximum Gasteiger partial charge on any atom is 0.326 e. The summed E-state index contributed by atoms with van der Waals surface area (Å²) in [6.45, 7) is 5.97. The van der Waals surface area contributed by atoms with Gasteiger partial charge >= 0.3 is 5.97 Å². The second-order valence-corrected chi connectivity index (χ2v) is 8.70. The topological polar surface area (TPSA) is 88.5 Å². The first kappa shape index (κ1) is 19.7. The second-order valence-electron chi connectivity index (χ2n) is 6.44. The summed E-state index contributed by atoms with van der Waals surface area (Å²) < 4.78 is 7.38. The number of thiazole rings is 1. The molecule has 0 bridgehead atoms. The number of nitrogens with zero attached hydrogens (tertiary/aromatic N) is 1. The van der Waals surface area contributed by atoms with Crippen LogP contribution in [-0.2, 0) is 14.3 Å². The maximum atomic E-state index is 12.0. The fraction of sp³-hybridized carbons (Fsp3) is 0.471. The Labute approximate surface area is 155 Å². The van der Waals surface area contributed by atoms with Crippen molar-refractivity contribution in [3.8, 4) is 0 Å². The molecule has 2 rings (SSSR count). The summed E-state index contributed by atoms with van der Waals surface area (Å²) >= 11 is 2.82. The number of hydrogen-bond acceptors (Lipinski definition) is 6. The van der Waals surface area contributed by atoms with Crippen LogP contribution < -0.4 is 5.32 Å². The Morgan fingerprint density at radius 1 is 1.36 bits per heavy atom. The van der Waals surface area contributed by atoms with Crippen molar-refractivity contribution in [2.24, 2.45) is 0 Å². The van der Waals surface area contributed by atoms with Gasteiger partial charge in [0.2, 0.25) is 5.91 Å². The molecule has 2 N–H and O–H groups in total. The normalized spacial score (nSPS) is 12.9. The molecule has 1 amide bonds. The van der Waals surface area contributed by atoms with Crippen molar-refractivity contribution in [1.82, 2.24) is 10.3 Å². The number of carbonyl (C=O) groups is 2. The Kier molecular flexibility index (Phi) is 6.80. The number of rotatable bonds is 8. The van der Waals surface area contributed by atoms with E-state index < -0.39 is 12.0 Å². The average molecular weight is 383 g/mol. The molecule has 136 valence electrons. The number of para-hydroxylation sites is 1. The van der Waals surface area contributed by atoms with E-state index in [4.69, 9.17) is 4.74 Å². The first-order chi connectivity index (χ1) is 11.7. The van der Waals surface area contributed by atoms with Crippen molar-refractivity contribution >= 4 is 45.2 Å². The Morgan fingerprint density at radius 3 is 2.72 bits per heavy atom. The molecule has 2 aromatic rings. The van der Waals surface area contributed by atoms with Crippen molar-refractivity contribution in [1.29, 1.82) is 0 Å². The van der Waals surface area contributed by atoms with Crippen LogP contribution in [0.5, 0.6) is 0 Å². The third-order valence-electron chi connectivity index (χ3n) is 3.18. The van der Waals surface area contributed by atoms with Crippen molar-refractivity contribution in [3.05, 3.63) is 24.3 Å². The van der Waals surface area contributed by atoms with E-state index in [0.717, 1.165) is 14.6 Å². The van der Waals surface area contributed by atoms with Gasteiger partial charge in [-0.1, -0.05) is 23.9 Å². The van der Waals surface area contributed by atoms with Crippen LogP contribution in [-0.4, -0.2) is 46.0 Å². The minimum atomic E-state index is -1.06. The number of fused-ring (bicyclic) bond motifs is 1. The first-order valence-electron chi connectivity index (χ1n) is 7.89. The van der Waals surface area contributed by atoms with E-state index in [9.17, 15) is 14.7 Å². The van der Waals surface area contributed by atoms with Gasteiger partial charge in [0.1, 0.15) is 6.04 Å². The van der Waals surface area contributed by atoms with Crippen molar-refractivity contribution in [3.63, 3.8) is 0 Å². The predicted molar refractivity (Wildman–Crippen MR) is 100 cm³/mol. The van der Waals surface area contributed by atoms with Crippen LogP contribution >= 0.6 is 23.1 Å². The molecule has 1 aromatic carbocycles. The number of carboxylic acids is 1. The molecule has 8 heteroatoms. The van der Waals surface area contributed by atoms with Crippen LogP contribution in [0, 0.1) is 0 Å². The molecule has 0 saturated heterocycles. The van der Waals surface area contributed by atoms with Gasteiger partial charge in [0.15, 0.2) is 4.34 Å². The number of benzene rings is 1. The summed E-state index contributed by atoms with van der Waals surface area (Å²) in [6, 6.07) is 6.81. The molecular formula is C17H22N2O4S2. The van der Waals surface area contributed by atoms with Crippen molar-refractivity contribution in [2.45, 2.75) is 43.2 Å². The number of nitrogens with one attached hydrogen (secondary N) is 1. The molecule has 1 aromatic heterocycles. The molecule has 0 saturated carbocycles. The third kappa shape index (κ3) is 6.64. The molecule has 0 radical (unpaired) electrons. The smallest absolute Gasteiger partial charge is 0.326 e. The monoisotopic (exact) mass is 382 g/mol. The van der Waals surface area contributed by atoms with Gasteiger partial charge in [-0.3, -0.25) is 4.79 Å². The van der Waals surface area contributed by atoms with E-state index in [0.29, 0.717) is 0 Å². The van der Waals surface area contributed by atoms with Crippen LogP contribution in [0.2, 0.25) is 0 Å². The highest BCUT2D eigenvalue weighted by atomic mass is 32.2. The molecule has 0 fully saturated rings. The lowest BCUT2D eigenvalue weighted by Gasteiger charge is -2.21. The molecule has 0 aliphatic heterocycles. The number of hydrogen-bond donors (Lipinski definition) is 2. The summed E-state index contributed by atoms with van der Waals surface area (Å²) in [7, 11) is 0. The molecule has 6 nitrogen and oxygen atoms in total. The highest BCUT2D eigenvalue weighted by Crippen LogP contribution is 2.29. The summed E-state index contributed by atoms with van der Waals surface area (Å²) in [5.74, 6) is -1.26. The third-order valence-corrected chi connectivity index (χ3v) is 5.36. The SMILES string of the molecule is CC(C)(C)OCCC(NC(=O)CSc1nc2ccccc2s1)C(=O)O. The van der Waals surface area contributed by atoms with Gasteiger partial charge in [-0.05, 0) is 32.9 Å². The van der Waals surface area contributed by atoms with E-state index in [1.54, 1.807) is 0 Å². The van der Waals surface area contributed by atoms with Gasteiger partial charge in [-0.15, -0.1) is 11.3 Å². The molecule has 0 aliphatic carbocycles. The van der Waals surface area contributed by atoms with E-state index >= 15 is 0 Å². The number of aliphatic carboxylic acids is 1. The highest BCUT2D eigenvalue weighted by Gasteiger charge is 2.21. The zero-order chi connectivity index (χ0) is 18.4. The number of carbonyl (C=O) groups excluding carboxylic acids is 1. The largest absolute Gasteiger partial charge is 0.480 e. The molecule has 1 atom stereocenters. The van der Waals surface area contributed by atoms with Gasteiger partial charge in [-0.25, -0.2) is 9.78 Å². The molecule has 1 heterocycles. The number of amides is 1. The summed E-state index contributed by atoms with van der Waals surface area (Å²) in [6.07, 6.45) is 0.226.